The normalized spacial score (nSPS) is 11.2. The van der Waals surface area contributed by atoms with Crippen molar-refractivity contribution in [2.24, 2.45) is 16.5 Å². The van der Waals surface area contributed by atoms with Crippen molar-refractivity contribution in [3.63, 3.8) is 0 Å². The predicted octanol–water partition coefficient (Wildman–Crippen LogP) is -2.62. The summed E-state index contributed by atoms with van der Waals surface area (Å²) < 4.78 is 0. The molecule has 0 saturated carbocycles. The van der Waals surface area contributed by atoms with E-state index in [2.05, 4.69) is 10.3 Å². The van der Waals surface area contributed by atoms with Crippen LogP contribution in [0, 0.1) is 0 Å². The van der Waals surface area contributed by atoms with E-state index in [1.54, 1.807) is 0 Å². The number of aliphatic imine (C=N–C) groups is 1. The van der Waals surface area contributed by atoms with Gasteiger partial charge in [0.15, 0.2) is 11.6 Å². The molecular weight excluding hydrogens is 384 g/mol. The Balaban J connectivity index is 0. The van der Waals surface area contributed by atoms with Crippen molar-refractivity contribution in [3.8, 4) is 0 Å². The van der Waals surface area contributed by atoms with E-state index in [0.717, 1.165) is 0 Å². The lowest BCUT2D eigenvalue weighted by Gasteiger charge is -2.18. The summed E-state index contributed by atoms with van der Waals surface area (Å²) in [5.74, 6) is -6.48. The molecule has 0 aliphatic rings. The fraction of sp³-hybridized carbons (Fsp3) is 0.571. The number of nitrogens with zero attached hydrogens (tertiary/aromatic N) is 1. The molecule has 28 heavy (non-hydrogen) atoms. The number of carbonyl (C=O) groups excluding carboxylic acids is 1. The second-order valence-electron chi connectivity index (χ2n) is 5.52. The van der Waals surface area contributed by atoms with E-state index in [9.17, 15) is 24.0 Å². The maximum atomic E-state index is 10.7. The zero-order valence-electron chi connectivity index (χ0n) is 15.0. The smallest absolute Gasteiger partial charge is 0.336 e. The van der Waals surface area contributed by atoms with Crippen molar-refractivity contribution < 1.29 is 49.5 Å². The average molecular weight is 408 g/mol. The van der Waals surface area contributed by atoms with Crippen LogP contribution in [-0.4, -0.2) is 79.5 Å². The lowest BCUT2D eigenvalue weighted by Crippen LogP contribution is -2.42. The molecule has 1 atom stereocenters. The molecule has 10 N–H and O–H groups in total. The summed E-state index contributed by atoms with van der Waals surface area (Å²) in [5, 5.41) is 44.9. The Morgan fingerprint density at radius 1 is 1.00 bits per heavy atom. The number of hydrogen-bond acceptors (Lipinski definition) is 7. The molecule has 0 bridgehead atoms. The van der Waals surface area contributed by atoms with Crippen molar-refractivity contribution in [2.45, 2.75) is 44.2 Å². The van der Waals surface area contributed by atoms with E-state index in [0.29, 0.717) is 19.4 Å². The molecule has 0 radical (unpaired) electrons. The van der Waals surface area contributed by atoms with E-state index >= 15 is 0 Å². The number of rotatable bonds is 11. The summed E-state index contributed by atoms with van der Waals surface area (Å²) in [6, 6.07) is -0.878. The van der Waals surface area contributed by atoms with Crippen LogP contribution < -0.4 is 16.8 Å². The molecule has 14 nitrogen and oxygen atoms in total. The Bertz CT molecular complexity index is 599. The van der Waals surface area contributed by atoms with Gasteiger partial charge in [-0.05, 0) is 12.8 Å². The van der Waals surface area contributed by atoms with Crippen molar-refractivity contribution >= 4 is 35.7 Å². The van der Waals surface area contributed by atoms with Crippen LogP contribution in [0.3, 0.4) is 0 Å². The van der Waals surface area contributed by atoms with Crippen LogP contribution >= 0.6 is 0 Å². The van der Waals surface area contributed by atoms with E-state index in [1.807, 2.05) is 0 Å². The van der Waals surface area contributed by atoms with Gasteiger partial charge in [0.25, 0.3) is 0 Å². The van der Waals surface area contributed by atoms with Crippen molar-refractivity contribution in [1.29, 1.82) is 0 Å². The van der Waals surface area contributed by atoms with Gasteiger partial charge < -0.3 is 42.3 Å². The Labute approximate surface area is 158 Å². The summed E-state index contributed by atoms with van der Waals surface area (Å²) in [7, 11) is 0. The lowest BCUT2D eigenvalue weighted by molar-refractivity contribution is -0.170. The van der Waals surface area contributed by atoms with Crippen LogP contribution in [0.2, 0.25) is 0 Å². The molecule has 1 unspecified atom stereocenters. The van der Waals surface area contributed by atoms with E-state index in [1.165, 1.54) is 6.92 Å². The fourth-order valence-electron chi connectivity index (χ4n) is 1.72. The molecule has 0 aliphatic heterocycles. The Morgan fingerprint density at radius 2 is 1.46 bits per heavy atom. The van der Waals surface area contributed by atoms with Crippen molar-refractivity contribution in [3.05, 3.63) is 0 Å². The standard InChI is InChI=1S/C8H16N4O3.C6H8O7/c1-5(13)12-6(7(14)15)3-2-4-11-8(9)10;7-3(8)1-6(13,5(11)12)2-4(9)10/h6H,2-4H2,1H3,(H,12,13)(H,14,15)(H4,9,10,11);13H,1-2H2,(H,7,8)(H,9,10)(H,11,12). The minimum atomic E-state index is -2.74. The molecule has 0 aromatic heterocycles. The molecule has 14 heteroatoms. The van der Waals surface area contributed by atoms with Crippen LogP contribution in [0.1, 0.15) is 32.6 Å². The maximum Gasteiger partial charge on any atom is 0.336 e. The highest BCUT2D eigenvalue weighted by molar-refractivity contribution is 5.88. The van der Waals surface area contributed by atoms with Gasteiger partial charge in [-0.3, -0.25) is 19.4 Å². The summed E-state index contributed by atoms with van der Waals surface area (Å²) in [6.07, 6.45) is -1.50. The lowest BCUT2D eigenvalue weighted by atomic mass is 9.96. The monoisotopic (exact) mass is 408 g/mol. The number of aliphatic hydroxyl groups is 1. The van der Waals surface area contributed by atoms with Gasteiger partial charge in [-0.15, -0.1) is 0 Å². The number of amides is 1. The molecule has 0 rings (SSSR count). The average Bonchev–Trinajstić information content (AvgIpc) is 2.48. The highest BCUT2D eigenvalue weighted by atomic mass is 16.4. The molecule has 0 fully saturated rings. The SMILES string of the molecule is CC(=O)NC(CCCN=C(N)N)C(=O)O.O=C(O)CC(O)(CC(=O)O)C(=O)O. The van der Waals surface area contributed by atoms with Gasteiger partial charge in [0.2, 0.25) is 5.91 Å². The van der Waals surface area contributed by atoms with Crippen molar-refractivity contribution in [1.82, 2.24) is 5.32 Å². The second kappa shape index (κ2) is 12.9. The number of carboxylic acid groups (broad SMARTS) is 4. The van der Waals surface area contributed by atoms with Crippen LogP contribution in [-0.2, 0) is 24.0 Å². The fourth-order valence-corrected chi connectivity index (χ4v) is 1.72. The van der Waals surface area contributed by atoms with Gasteiger partial charge in [-0.2, -0.15) is 0 Å². The summed E-state index contributed by atoms with van der Waals surface area (Å²) in [4.78, 5) is 55.5. The highest BCUT2D eigenvalue weighted by Crippen LogP contribution is 2.15. The van der Waals surface area contributed by atoms with Crippen molar-refractivity contribution in [2.75, 3.05) is 6.54 Å². The molecular formula is C14H24N4O10. The molecule has 0 spiro atoms. The third-order valence-corrected chi connectivity index (χ3v) is 2.91. The minimum Gasteiger partial charge on any atom is -0.481 e. The molecule has 0 heterocycles. The third-order valence-electron chi connectivity index (χ3n) is 2.91. The second-order valence-corrected chi connectivity index (χ2v) is 5.52. The number of guanidine groups is 1. The maximum absolute atomic E-state index is 10.7. The Kier molecular flexibility index (Phi) is 12.3. The first-order valence-electron chi connectivity index (χ1n) is 7.66. The van der Waals surface area contributed by atoms with Crippen LogP contribution in [0.25, 0.3) is 0 Å². The van der Waals surface area contributed by atoms with Gasteiger partial charge >= 0.3 is 23.9 Å². The van der Waals surface area contributed by atoms with Gasteiger partial charge in [0.1, 0.15) is 6.04 Å². The zero-order chi connectivity index (χ0) is 22.5. The first kappa shape index (κ1) is 26.8. The first-order valence-corrected chi connectivity index (χ1v) is 7.66. The van der Waals surface area contributed by atoms with Gasteiger partial charge in [0.05, 0.1) is 12.8 Å². The summed E-state index contributed by atoms with van der Waals surface area (Å²) in [5.41, 5.74) is 7.44. The number of nitrogens with two attached hydrogens (primary N) is 2. The van der Waals surface area contributed by atoms with E-state index in [-0.39, 0.29) is 11.9 Å². The summed E-state index contributed by atoms with van der Waals surface area (Å²) >= 11 is 0. The van der Waals surface area contributed by atoms with Crippen LogP contribution in [0.15, 0.2) is 4.99 Å². The van der Waals surface area contributed by atoms with Gasteiger partial charge in [-0.1, -0.05) is 0 Å². The van der Waals surface area contributed by atoms with E-state index in [4.69, 9.17) is 37.0 Å². The van der Waals surface area contributed by atoms with E-state index < -0.39 is 48.4 Å². The molecule has 0 aromatic carbocycles. The number of hydrogen-bond donors (Lipinski definition) is 8. The topological polar surface area (TPSA) is 263 Å². The number of nitrogens with one attached hydrogen (secondary N) is 1. The summed E-state index contributed by atoms with van der Waals surface area (Å²) in [6.45, 7) is 1.62. The molecule has 160 valence electrons. The number of aliphatic carboxylic acids is 4. The molecule has 0 aliphatic carbocycles. The Hall–Kier alpha value is -3.42. The molecule has 0 saturated heterocycles. The minimum absolute atomic E-state index is 0.0265. The molecule has 0 aromatic rings. The van der Waals surface area contributed by atoms with Crippen LogP contribution in [0.5, 0.6) is 0 Å². The van der Waals surface area contributed by atoms with Gasteiger partial charge in [0, 0.05) is 13.5 Å². The number of carboxylic acids is 4. The Morgan fingerprint density at radius 3 is 1.75 bits per heavy atom. The van der Waals surface area contributed by atoms with Crippen LogP contribution in [0.4, 0.5) is 0 Å². The zero-order valence-corrected chi connectivity index (χ0v) is 15.0. The number of carbonyl (C=O) groups is 5. The molecule has 1 amide bonds. The van der Waals surface area contributed by atoms with Gasteiger partial charge in [-0.25, -0.2) is 9.59 Å². The third kappa shape index (κ3) is 13.8. The largest absolute Gasteiger partial charge is 0.481 e. The quantitative estimate of drug-likeness (QED) is 0.0991. The predicted molar refractivity (Wildman–Crippen MR) is 92.2 cm³/mol. The first-order chi connectivity index (χ1) is 12.7. The highest BCUT2D eigenvalue weighted by Gasteiger charge is 2.40.